The minimum absolute atomic E-state index is 0.427. The molecule has 0 aromatic heterocycles. The van der Waals surface area contributed by atoms with Crippen molar-refractivity contribution in [3.63, 3.8) is 0 Å². The van der Waals surface area contributed by atoms with Crippen molar-refractivity contribution >= 4 is 0 Å². The standard InChI is InChI=1S/C7H4F4O.C2H6/c8-5-1-3-6(4-2-5)12-7(9,10)11;1-2/h1-4H;1-2H3. The number of hydrogen-bond donors (Lipinski definition) is 0. The van der Waals surface area contributed by atoms with E-state index in [-0.39, 0.29) is 0 Å². The summed E-state index contributed by atoms with van der Waals surface area (Å²) in [5.41, 5.74) is 0. The van der Waals surface area contributed by atoms with E-state index in [1.807, 2.05) is 13.8 Å². The smallest absolute Gasteiger partial charge is 0.406 e. The topological polar surface area (TPSA) is 9.23 Å². The maximum Gasteiger partial charge on any atom is 0.573 e. The van der Waals surface area contributed by atoms with Gasteiger partial charge in [0, 0.05) is 0 Å². The second-order valence-electron chi connectivity index (χ2n) is 2.00. The molecule has 0 bridgehead atoms. The van der Waals surface area contributed by atoms with Crippen LogP contribution in [0.1, 0.15) is 13.8 Å². The van der Waals surface area contributed by atoms with Gasteiger partial charge >= 0.3 is 6.36 Å². The lowest BCUT2D eigenvalue weighted by Gasteiger charge is -2.07. The fourth-order valence-corrected chi connectivity index (χ4v) is 0.636. The highest BCUT2D eigenvalue weighted by molar-refractivity contribution is 5.22. The number of rotatable bonds is 1. The van der Waals surface area contributed by atoms with E-state index >= 15 is 0 Å². The van der Waals surface area contributed by atoms with Crippen LogP contribution in [0.2, 0.25) is 0 Å². The van der Waals surface area contributed by atoms with E-state index in [2.05, 4.69) is 4.74 Å². The summed E-state index contributed by atoms with van der Waals surface area (Å²) in [6.45, 7) is 4.00. The predicted molar refractivity (Wildman–Crippen MR) is 44.4 cm³/mol. The van der Waals surface area contributed by atoms with Crippen LogP contribution >= 0.6 is 0 Å². The first-order chi connectivity index (χ1) is 6.47. The summed E-state index contributed by atoms with van der Waals surface area (Å²) in [4.78, 5) is 0. The Morgan fingerprint density at radius 2 is 1.43 bits per heavy atom. The van der Waals surface area contributed by atoms with Gasteiger partial charge in [-0.1, -0.05) is 13.8 Å². The maximum atomic E-state index is 12.2. The average Bonchev–Trinajstić information content (AvgIpc) is 2.10. The van der Waals surface area contributed by atoms with E-state index in [0.29, 0.717) is 0 Å². The normalized spacial score (nSPS) is 10.1. The van der Waals surface area contributed by atoms with Crippen LogP contribution in [0, 0.1) is 5.82 Å². The molecule has 0 amide bonds. The van der Waals surface area contributed by atoms with Gasteiger partial charge in [0.15, 0.2) is 0 Å². The highest BCUT2D eigenvalue weighted by Gasteiger charge is 2.30. The fraction of sp³-hybridized carbons (Fsp3) is 0.333. The van der Waals surface area contributed by atoms with Crippen LogP contribution in [0.4, 0.5) is 17.6 Å². The Morgan fingerprint density at radius 3 is 1.79 bits per heavy atom. The number of benzene rings is 1. The van der Waals surface area contributed by atoms with Crippen LogP contribution in [0.5, 0.6) is 5.75 Å². The summed E-state index contributed by atoms with van der Waals surface area (Å²) < 4.78 is 50.3. The molecule has 1 aromatic rings. The molecule has 0 aliphatic carbocycles. The molecular formula is C9H10F4O. The van der Waals surface area contributed by atoms with Gasteiger partial charge in [0.25, 0.3) is 0 Å². The molecule has 80 valence electrons. The first kappa shape index (κ1) is 12.7. The lowest BCUT2D eigenvalue weighted by molar-refractivity contribution is -0.274. The molecule has 1 aromatic carbocycles. The zero-order valence-corrected chi connectivity index (χ0v) is 7.73. The van der Waals surface area contributed by atoms with Crippen molar-refractivity contribution in [3.05, 3.63) is 30.1 Å². The monoisotopic (exact) mass is 210 g/mol. The van der Waals surface area contributed by atoms with Gasteiger partial charge in [-0.25, -0.2) is 4.39 Å². The molecule has 0 unspecified atom stereocenters. The molecule has 5 heteroatoms. The van der Waals surface area contributed by atoms with E-state index in [1.165, 1.54) is 0 Å². The second kappa shape index (κ2) is 5.47. The van der Waals surface area contributed by atoms with Crippen LogP contribution < -0.4 is 4.74 Å². The number of ether oxygens (including phenoxy) is 1. The van der Waals surface area contributed by atoms with Gasteiger partial charge in [0.1, 0.15) is 11.6 Å². The van der Waals surface area contributed by atoms with Crippen molar-refractivity contribution in [1.29, 1.82) is 0 Å². The van der Waals surface area contributed by atoms with E-state index in [9.17, 15) is 17.6 Å². The Kier molecular flexibility index (Phi) is 4.97. The molecule has 0 atom stereocenters. The molecule has 0 saturated heterocycles. The Hall–Kier alpha value is -1.26. The Labute approximate surface area is 79.3 Å². The van der Waals surface area contributed by atoms with Crippen molar-refractivity contribution in [2.45, 2.75) is 20.2 Å². The molecule has 0 saturated carbocycles. The molecule has 0 fully saturated rings. The molecule has 0 aliphatic rings. The molecule has 0 N–H and O–H groups in total. The molecule has 1 rings (SSSR count). The van der Waals surface area contributed by atoms with Crippen molar-refractivity contribution in [3.8, 4) is 5.75 Å². The quantitative estimate of drug-likeness (QED) is 0.641. The van der Waals surface area contributed by atoms with Crippen LogP contribution in [0.3, 0.4) is 0 Å². The Bertz CT molecular complexity index is 253. The fourth-order valence-electron chi connectivity index (χ4n) is 0.636. The molecule has 0 heterocycles. The summed E-state index contributed by atoms with van der Waals surface area (Å²) in [7, 11) is 0. The molecule has 14 heavy (non-hydrogen) atoms. The lowest BCUT2D eigenvalue weighted by Crippen LogP contribution is -2.16. The minimum Gasteiger partial charge on any atom is -0.406 e. The zero-order valence-electron chi connectivity index (χ0n) is 7.73. The Morgan fingerprint density at radius 1 is 1.00 bits per heavy atom. The third kappa shape index (κ3) is 5.40. The first-order valence-electron chi connectivity index (χ1n) is 3.99. The van der Waals surface area contributed by atoms with Gasteiger partial charge < -0.3 is 4.74 Å². The number of hydrogen-bond acceptors (Lipinski definition) is 1. The SMILES string of the molecule is CC.Fc1ccc(OC(F)(F)F)cc1. The average molecular weight is 210 g/mol. The van der Waals surface area contributed by atoms with E-state index in [4.69, 9.17) is 0 Å². The predicted octanol–water partition coefficient (Wildman–Crippen LogP) is 3.75. The van der Waals surface area contributed by atoms with Gasteiger partial charge in [-0.15, -0.1) is 13.2 Å². The third-order valence-corrected chi connectivity index (χ3v) is 1.05. The minimum atomic E-state index is -4.72. The summed E-state index contributed by atoms with van der Waals surface area (Å²) >= 11 is 0. The van der Waals surface area contributed by atoms with Gasteiger partial charge in [-0.05, 0) is 24.3 Å². The zero-order chi connectivity index (χ0) is 11.2. The van der Waals surface area contributed by atoms with Gasteiger partial charge in [0.2, 0.25) is 0 Å². The first-order valence-corrected chi connectivity index (χ1v) is 3.99. The van der Waals surface area contributed by atoms with Crippen LogP contribution in [-0.2, 0) is 0 Å². The second-order valence-corrected chi connectivity index (χ2v) is 2.00. The van der Waals surface area contributed by atoms with E-state index in [1.54, 1.807) is 0 Å². The number of alkyl halides is 3. The van der Waals surface area contributed by atoms with Crippen molar-refractivity contribution < 1.29 is 22.3 Å². The summed E-state index contributed by atoms with van der Waals surface area (Å²) in [5.74, 6) is -1.03. The van der Waals surface area contributed by atoms with Gasteiger partial charge in [-0.2, -0.15) is 0 Å². The third-order valence-electron chi connectivity index (χ3n) is 1.05. The maximum absolute atomic E-state index is 12.2. The molecule has 0 aliphatic heterocycles. The van der Waals surface area contributed by atoms with E-state index in [0.717, 1.165) is 24.3 Å². The summed E-state index contributed by atoms with van der Waals surface area (Å²) in [6, 6.07) is 3.59. The van der Waals surface area contributed by atoms with Crippen LogP contribution in [-0.4, -0.2) is 6.36 Å². The highest BCUT2D eigenvalue weighted by atomic mass is 19.4. The van der Waals surface area contributed by atoms with Crippen molar-refractivity contribution in [1.82, 2.24) is 0 Å². The van der Waals surface area contributed by atoms with Crippen molar-refractivity contribution in [2.75, 3.05) is 0 Å². The number of halogens is 4. The molecule has 1 nitrogen and oxygen atoms in total. The molecular weight excluding hydrogens is 200 g/mol. The van der Waals surface area contributed by atoms with Crippen LogP contribution in [0.15, 0.2) is 24.3 Å². The molecule has 0 radical (unpaired) electrons. The highest BCUT2D eigenvalue weighted by Crippen LogP contribution is 2.22. The van der Waals surface area contributed by atoms with Crippen LogP contribution in [0.25, 0.3) is 0 Å². The van der Waals surface area contributed by atoms with Gasteiger partial charge in [0.05, 0.1) is 0 Å². The summed E-state index contributed by atoms with van der Waals surface area (Å²) in [6.07, 6.45) is -4.72. The molecule has 0 spiro atoms. The van der Waals surface area contributed by atoms with Gasteiger partial charge in [-0.3, -0.25) is 0 Å². The summed E-state index contributed by atoms with van der Waals surface area (Å²) in [5, 5.41) is 0. The Balaban J connectivity index is 0.000000791. The van der Waals surface area contributed by atoms with Crippen molar-refractivity contribution in [2.24, 2.45) is 0 Å². The largest absolute Gasteiger partial charge is 0.573 e. The lowest BCUT2D eigenvalue weighted by atomic mass is 10.3. The van der Waals surface area contributed by atoms with E-state index < -0.39 is 17.9 Å².